The van der Waals surface area contributed by atoms with Gasteiger partial charge in [0.25, 0.3) is 0 Å². The highest BCUT2D eigenvalue weighted by Crippen LogP contribution is 2.12. The molecule has 104 valence electrons. The van der Waals surface area contributed by atoms with E-state index in [4.69, 9.17) is 5.73 Å². The van der Waals surface area contributed by atoms with Gasteiger partial charge in [0.1, 0.15) is 0 Å². The van der Waals surface area contributed by atoms with Crippen LogP contribution in [-0.4, -0.2) is 53.9 Å². The molecule has 3 N–H and O–H groups in total. The minimum atomic E-state index is -0.380. The highest BCUT2D eigenvalue weighted by Gasteiger charge is 2.26. The van der Waals surface area contributed by atoms with Gasteiger partial charge in [0.05, 0.1) is 6.04 Å². The van der Waals surface area contributed by atoms with Crippen molar-refractivity contribution in [2.75, 3.05) is 25.1 Å². The Morgan fingerprint density at radius 3 is 2.56 bits per heavy atom. The Kier molecular flexibility index (Phi) is 6.49. The van der Waals surface area contributed by atoms with Gasteiger partial charge < -0.3 is 16.0 Å². The quantitative estimate of drug-likeness (QED) is 0.750. The average Bonchev–Trinajstić information content (AvgIpc) is 2.35. The van der Waals surface area contributed by atoms with Gasteiger partial charge in [-0.25, -0.2) is 0 Å². The summed E-state index contributed by atoms with van der Waals surface area (Å²) in [6.07, 6.45) is 4.38. The lowest BCUT2D eigenvalue weighted by atomic mass is 10.0. The van der Waals surface area contributed by atoms with Crippen LogP contribution in [0.4, 0.5) is 0 Å². The molecule has 1 heterocycles. The second-order valence-corrected chi connectivity index (χ2v) is 5.67. The second-order valence-electron chi connectivity index (χ2n) is 4.69. The summed E-state index contributed by atoms with van der Waals surface area (Å²) in [5.41, 5.74) is 5.88. The molecule has 0 radical (unpaired) electrons. The number of nitrogens with zero attached hydrogens (tertiary/aromatic N) is 1. The molecule has 0 spiro atoms. The van der Waals surface area contributed by atoms with E-state index >= 15 is 0 Å². The maximum Gasteiger partial charge on any atom is 0.239 e. The molecule has 1 aliphatic rings. The SMILES string of the molecule is CSCC[C@H](N)C(=O)N1CCC(NC(C)=O)CC1. The molecule has 2 amide bonds. The molecule has 18 heavy (non-hydrogen) atoms. The molecule has 0 unspecified atom stereocenters. The van der Waals surface area contributed by atoms with E-state index in [0.29, 0.717) is 13.1 Å². The van der Waals surface area contributed by atoms with Crippen LogP contribution in [0.2, 0.25) is 0 Å². The Labute approximate surface area is 113 Å². The van der Waals surface area contributed by atoms with Crippen LogP contribution < -0.4 is 11.1 Å². The highest BCUT2D eigenvalue weighted by atomic mass is 32.2. The minimum Gasteiger partial charge on any atom is -0.353 e. The number of nitrogens with one attached hydrogen (secondary N) is 1. The van der Waals surface area contributed by atoms with E-state index in [2.05, 4.69) is 5.32 Å². The Morgan fingerprint density at radius 1 is 1.44 bits per heavy atom. The van der Waals surface area contributed by atoms with Crippen LogP contribution in [0.3, 0.4) is 0 Å². The molecule has 1 rings (SSSR count). The molecule has 0 saturated carbocycles. The summed E-state index contributed by atoms with van der Waals surface area (Å²) >= 11 is 1.70. The van der Waals surface area contributed by atoms with Gasteiger partial charge in [-0.1, -0.05) is 0 Å². The molecule has 1 saturated heterocycles. The van der Waals surface area contributed by atoms with E-state index in [9.17, 15) is 9.59 Å². The Morgan fingerprint density at radius 2 is 2.06 bits per heavy atom. The zero-order valence-corrected chi connectivity index (χ0v) is 12.0. The van der Waals surface area contributed by atoms with Gasteiger partial charge in [0, 0.05) is 26.1 Å². The molecule has 1 aliphatic heterocycles. The first-order valence-corrected chi connectivity index (χ1v) is 7.74. The van der Waals surface area contributed by atoms with Gasteiger partial charge in [-0.15, -0.1) is 0 Å². The van der Waals surface area contributed by atoms with Crippen molar-refractivity contribution in [3.05, 3.63) is 0 Å². The lowest BCUT2D eigenvalue weighted by Crippen LogP contribution is -2.50. The molecule has 0 aromatic rings. The van der Waals surface area contributed by atoms with Crippen LogP contribution in [0, 0.1) is 0 Å². The molecule has 5 nitrogen and oxygen atoms in total. The fourth-order valence-corrected chi connectivity index (χ4v) is 2.62. The number of piperidine rings is 1. The molecular formula is C12H23N3O2S. The summed E-state index contributed by atoms with van der Waals surface area (Å²) in [4.78, 5) is 24.8. The zero-order valence-electron chi connectivity index (χ0n) is 11.1. The van der Waals surface area contributed by atoms with Crippen molar-refractivity contribution in [1.29, 1.82) is 0 Å². The number of thioether (sulfide) groups is 1. The van der Waals surface area contributed by atoms with E-state index in [-0.39, 0.29) is 23.9 Å². The first-order chi connectivity index (χ1) is 8.54. The number of likely N-dealkylation sites (tertiary alicyclic amines) is 1. The standard InChI is InChI=1S/C12H23N3O2S/c1-9(16)14-10-3-6-15(7-4-10)12(17)11(13)5-8-18-2/h10-11H,3-8,13H2,1-2H3,(H,14,16)/t11-/m0/s1. The Balaban J connectivity index is 2.33. The second kappa shape index (κ2) is 7.63. The smallest absolute Gasteiger partial charge is 0.239 e. The van der Waals surface area contributed by atoms with Gasteiger partial charge in [0.15, 0.2) is 0 Å². The third-order valence-corrected chi connectivity index (χ3v) is 3.81. The first kappa shape index (κ1) is 15.3. The molecule has 0 aromatic heterocycles. The number of hydrogen-bond acceptors (Lipinski definition) is 4. The summed E-state index contributed by atoms with van der Waals surface area (Å²) in [7, 11) is 0. The fourth-order valence-electron chi connectivity index (χ4n) is 2.13. The van der Waals surface area contributed by atoms with Crippen molar-refractivity contribution in [3.8, 4) is 0 Å². The zero-order chi connectivity index (χ0) is 13.5. The van der Waals surface area contributed by atoms with Crippen LogP contribution in [0.5, 0.6) is 0 Å². The van der Waals surface area contributed by atoms with Gasteiger partial charge in [-0.3, -0.25) is 9.59 Å². The van der Waals surface area contributed by atoms with Crippen molar-refractivity contribution in [1.82, 2.24) is 10.2 Å². The topological polar surface area (TPSA) is 75.4 Å². The van der Waals surface area contributed by atoms with Crippen LogP contribution in [0.15, 0.2) is 0 Å². The van der Waals surface area contributed by atoms with Crippen LogP contribution in [0.25, 0.3) is 0 Å². The number of carbonyl (C=O) groups excluding carboxylic acids is 2. The van der Waals surface area contributed by atoms with E-state index in [0.717, 1.165) is 25.0 Å². The number of carbonyl (C=O) groups is 2. The number of amides is 2. The Bertz CT molecular complexity index is 291. The summed E-state index contributed by atoms with van der Waals surface area (Å²) in [6, 6.07) is -0.177. The lowest BCUT2D eigenvalue weighted by molar-refractivity contribution is -0.133. The predicted octanol–water partition coefficient (Wildman–Crippen LogP) is 0.194. The maximum absolute atomic E-state index is 12.0. The fraction of sp³-hybridized carbons (Fsp3) is 0.833. The maximum atomic E-state index is 12.0. The van der Waals surface area contributed by atoms with Crippen LogP contribution in [-0.2, 0) is 9.59 Å². The third-order valence-electron chi connectivity index (χ3n) is 3.16. The first-order valence-electron chi connectivity index (χ1n) is 6.35. The third kappa shape index (κ3) is 4.86. The minimum absolute atomic E-state index is 0.00329. The molecule has 1 fully saturated rings. The van der Waals surface area contributed by atoms with Crippen molar-refractivity contribution in [2.45, 2.75) is 38.3 Å². The van der Waals surface area contributed by atoms with Crippen molar-refractivity contribution in [2.24, 2.45) is 5.73 Å². The molecule has 0 aromatic carbocycles. The highest BCUT2D eigenvalue weighted by molar-refractivity contribution is 7.98. The van der Waals surface area contributed by atoms with E-state index < -0.39 is 0 Å². The van der Waals surface area contributed by atoms with Crippen LogP contribution >= 0.6 is 11.8 Å². The molecule has 6 heteroatoms. The average molecular weight is 273 g/mol. The Hall–Kier alpha value is -0.750. The largest absolute Gasteiger partial charge is 0.353 e. The van der Waals surface area contributed by atoms with Crippen LogP contribution in [0.1, 0.15) is 26.2 Å². The molecule has 0 bridgehead atoms. The summed E-state index contributed by atoms with van der Waals surface area (Å²) in [5, 5.41) is 2.89. The van der Waals surface area contributed by atoms with Gasteiger partial charge >= 0.3 is 0 Å². The van der Waals surface area contributed by atoms with Gasteiger partial charge in [-0.05, 0) is 31.3 Å². The number of rotatable bonds is 5. The van der Waals surface area contributed by atoms with E-state index in [1.807, 2.05) is 11.2 Å². The predicted molar refractivity (Wildman–Crippen MR) is 74.4 cm³/mol. The monoisotopic (exact) mass is 273 g/mol. The van der Waals surface area contributed by atoms with Crippen molar-refractivity contribution >= 4 is 23.6 Å². The summed E-state index contributed by atoms with van der Waals surface area (Å²) < 4.78 is 0. The molecule has 0 aliphatic carbocycles. The van der Waals surface area contributed by atoms with E-state index in [1.54, 1.807) is 11.8 Å². The molecule has 1 atom stereocenters. The normalized spacial score (nSPS) is 18.5. The summed E-state index contributed by atoms with van der Waals surface area (Å²) in [6.45, 7) is 2.91. The summed E-state index contributed by atoms with van der Waals surface area (Å²) in [5.74, 6) is 0.955. The van der Waals surface area contributed by atoms with Gasteiger partial charge in [0.2, 0.25) is 11.8 Å². The molecular weight excluding hydrogens is 250 g/mol. The van der Waals surface area contributed by atoms with Gasteiger partial charge in [-0.2, -0.15) is 11.8 Å². The lowest BCUT2D eigenvalue weighted by Gasteiger charge is -2.33. The van der Waals surface area contributed by atoms with Crippen molar-refractivity contribution < 1.29 is 9.59 Å². The number of hydrogen-bond donors (Lipinski definition) is 2. The van der Waals surface area contributed by atoms with E-state index in [1.165, 1.54) is 6.92 Å². The number of nitrogens with two attached hydrogens (primary N) is 1. The van der Waals surface area contributed by atoms with Crippen molar-refractivity contribution in [3.63, 3.8) is 0 Å².